The molecule has 0 bridgehead atoms. The summed E-state index contributed by atoms with van der Waals surface area (Å²) in [5.41, 5.74) is 2.94. The molecule has 6 heteroatoms. The molecule has 2 aromatic rings. The summed E-state index contributed by atoms with van der Waals surface area (Å²) in [7, 11) is 0. The molecule has 1 aliphatic rings. The normalized spacial score (nSPS) is 14.8. The molecule has 138 valence electrons. The van der Waals surface area contributed by atoms with E-state index in [0.29, 0.717) is 13.1 Å². The molecule has 1 aromatic carbocycles. The van der Waals surface area contributed by atoms with Gasteiger partial charge in [-0.3, -0.25) is 9.59 Å². The molecule has 1 saturated heterocycles. The zero-order valence-electron chi connectivity index (χ0n) is 15.9. The zero-order chi connectivity index (χ0) is 18.8. The Kier molecular flexibility index (Phi) is 5.11. The Morgan fingerprint density at radius 1 is 1.00 bits per heavy atom. The summed E-state index contributed by atoms with van der Waals surface area (Å²) >= 11 is 0. The van der Waals surface area contributed by atoms with E-state index in [9.17, 15) is 9.59 Å². The first kappa shape index (κ1) is 18.2. The van der Waals surface area contributed by atoms with Gasteiger partial charge in [0.1, 0.15) is 5.82 Å². The van der Waals surface area contributed by atoms with Crippen LogP contribution in [0.1, 0.15) is 25.0 Å². The van der Waals surface area contributed by atoms with Crippen LogP contribution in [0, 0.1) is 19.8 Å². The summed E-state index contributed by atoms with van der Waals surface area (Å²) in [6.07, 6.45) is 0. The maximum absolute atomic E-state index is 12.3. The van der Waals surface area contributed by atoms with Crippen LogP contribution in [-0.4, -0.2) is 46.8 Å². The summed E-state index contributed by atoms with van der Waals surface area (Å²) in [6, 6.07) is 9.22. The molecule has 1 aromatic heterocycles. The molecule has 1 aliphatic heterocycles. The molecular weight excluding hydrogens is 328 g/mol. The third-order valence-electron chi connectivity index (χ3n) is 4.93. The highest BCUT2D eigenvalue weighted by Gasteiger charge is 2.23. The topological polar surface area (TPSA) is 58.4 Å². The van der Waals surface area contributed by atoms with E-state index in [2.05, 4.69) is 10.00 Å². The second kappa shape index (κ2) is 7.32. The molecule has 0 radical (unpaired) electrons. The summed E-state index contributed by atoms with van der Waals surface area (Å²) in [5, 5.41) is 4.57. The van der Waals surface area contributed by atoms with Crippen molar-refractivity contribution in [2.75, 3.05) is 31.1 Å². The molecule has 1 amide bonds. The van der Waals surface area contributed by atoms with Crippen molar-refractivity contribution in [1.29, 1.82) is 0 Å². The number of rotatable bonds is 3. The minimum absolute atomic E-state index is 0.0198. The zero-order valence-corrected chi connectivity index (χ0v) is 15.9. The van der Waals surface area contributed by atoms with Gasteiger partial charge in [0.2, 0.25) is 5.91 Å². The van der Waals surface area contributed by atoms with Crippen LogP contribution in [0.15, 0.2) is 35.1 Å². The molecule has 0 atom stereocenters. The van der Waals surface area contributed by atoms with Crippen molar-refractivity contribution in [2.24, 2.45) is 5.92 Å². The summed E-state index contributed by atoms with van der Waals surface area (Å²) in [5.74, 6) is 0.976. The van der Waals surface area contributed by atoms with Gasteiger partial charge in [-0.05, 0) is 43.2 Å². The van der Waals surface area contributed by atoms with Gasteiger partial charge in [-0.25, -0.2) is 0 Å². The van der Waals surface area contributed by atoms with Crippen LogP contribution in [0.2, 0.25) is 0 Å². The van der Waals surface area contributed by atoms with Crippen LogP contribution in [-0.2, 0) is 4.79 Å². The van der Waals surface area contributed by atoms with Gasteiger partial charge in [0.05, 0.1) is 5.69 Å². The number of aromatic nitrogens is 2. The number of hydrogen-bond donors (Lipinski definition) is 0. The smallest absolute Gasteiger partial charge is 0.271 e. The van der Waals surface area contributed by atoms with Gasteiger partial charge in [0.15, 0.2) is 0 Å². The van der Waals surface area contributed by atoms with Gasteiger partial charge in [-0.2, -0.15) is 4.68 Å². The number of piperazine rings is 1. The van der Waals surface area contributed by atoms with E-state index in [4.69, 9.17) is 0 Å². The maximum atomic E-state index is 12.3. The Morgan fingerprint density at radius 3 is 2.31 bits per heavy atom. The predicted molar refractivity (Wildman–Crippen MR) is 103 cm³/mol. The lowest BCUT2D eigenvalue weighted by molar-refractivity contribution is -0.134. The van der Waals surface area contributed by atoms with Crippen LogP contribution in [0.5, 0.6) is 0 Å². The van der Waals surface area contributed by atoms with Gasteiger partial charge < -0.3 is 9.80 Å². The van der Waals surface area contributed by atoms with Gasteiger partial charge in [0, 0.05) is 38.2 Å². The molecule has 0 unspecified atom stereocenters. The van der Waals surface area contributed by atoms with Gasteiger partial charge >= 0.3 is 0 Å². The fourth-order valence-electron chi connectivity index (χ4n) is 3.13. The molecule has 0 spiro atoms. The lowest BCUT2D eigenvalue weighted by atomic mass is 10.1. The van der Waals surface area contributed by atoms with Gasteiger partial charge in [-0.15, -0.1) is 5.10 Å². The highest BCUT2D eigenvalue weighted by Crippen LogP contribution is 2.16. The Bertz CT molecular complexity index is 864. The lowest BCUT2D eigenvalue weighted by Gasteiger charge is -2.36. The molecule has 6 nitrogen and oxygen atoms in total. The van der Waals surface area contributed by atoms with E-state index >= 15 is 0 Å². The number of amides is 1. The summed E-state index contributed by atoms with van der Waals surface area (Å²) in [6.45, 7) is 10.7. The number of benzene rings is 1. The Labute approximate surface area is 154 Å². The van der Waals surface area contributed by atoms with Crippen LogP contribution < -0.4 is 10.5 Å². The molecule has 0 saturated carbocycles. The number of hydrogen-bond acceptors (Lipinski definition) is 4. The van der Waals surface area contributed by atoms with Crippen LogP contribution >= 0.6 is 0 Å². The highest BCUT2D eigenvalue weighted by atomic mass is 16.2. The van der Waals surface area contributed by atoms with Crippen molar-refractivity contribution in [3.63, 3.8) is 0 Å². The van der Waals surface area contributed by atoms with Crippen molar-refractivity contribution in [1.82, 2.24) is 14.7 Å². The summed E-state index contributed by atoms with van der Waals surface area (Å²) in [4.78, 5) is 28.5. The molecule has 2 heterocycles. The number of carbonyl (C=O) groups excluding carboxylic acids is 1. The number of anilines is 1. The molecule has 0 aliphatic carbocycles. The quantitative estimate of drug-likeness (QED) is 0.847. The van der Waals surface area contributed by atoms with E-state index in [1.54, 1.807) is 12.1 Å². The minimum atomic E-state index is -0.148. The predicted octanol–water partition coefficient (Wildman–Crippen LogP) is 2.15. The van der Waals surface area contributed by atoms with Crippen molar-refractivity contribution < 1.29 is 4.79 Å². The van der Waals surface area contributed by atoms with Gasteiger partial charge in [0.25, 0.3) is 5.56 Å². The fraction of sp³-hybridized carbons (Fsp3) is 0.450. The number of carbonyl (C=O) groups is 1. The maximum Gasteiger partial charge on any atom is 0.271 e. The second-order valence-corrected chi connectivity index (χ2v) is 7.18. The molecular formula is C20H26N4O2. The van der Waals surface area contributed by atoms with Crippen LogP contribution in [0.25, 0.3) is 5.69 Å². The van der Waals surface area contributed by atoms with E-state index < -0.39 is 0 Å². The largest absolute Gasteiger partial charge is 0.352 e. The number of aryl methyl sites for hydroxylation is 2. The molecule has 26 heavy (non-hydrogen) atoms. The minimum Gasteiger partial charge on any atom is -0.352 e. The van der Waals surface area contributed by atoms with E-state index in [-0.39, 0.29) is 17.4 Å². The Balaban J connectivity index is 1.81. The van der Waals surface area contributed by atoms with Gasteiger partial charge in [-0.1, -0.05) is 19.9 Å². The average molecular weight is 354 g/mol. The monoisotopic (exact) mass is 354 g/mol. The Morgan fingerprint density at radius 2 is 1.69 bits per heavy atom. The molecule has 3 rings (SSSR count). The SMILES string of the molecule is Cc1ccc(-n2nc(N3CCN(C(=O)C(C)C)CC3)ccc2=O)cc1C. The standard InChI is InChI=1S/C20H26N4O2/c1-14(2)20(26)23-11-9-22(10-12-23)18-7-8-19(25)24(21-18)17-6-5-15(3)16(4)13-17/h5-8,13-14H,9-12H2,1-4H3. The fourth-order valence-corrected chi connectivity index (χ4v) is 3.13. The second-order valence-electron chi connectivity index (χ2n) is 7.18. The lowest BCUT2D eigenvalue weighted by Crippen LogP contribution is -2.50. The van der Waals surface area contributed by atoms with Crippen molar-refractivity contribution in [3.05, 3.63) is 51.8 Å². The van der Waals surface area contributed by atoms with E-state index in [1.165, 1.54) is 10.2 Å². The first-order chi connectivity index (χ1) is 12.4. The Hall–Kier alpha value is -2.63. The van der Waals surface area contributed by atoms with E-state index in [0.717, 1.165) is 30.2 Å². The van der Waals surface area contributed by atoms with E-state index in [1.807, 2.05) is 50.8 Å². The third kappa shape index (κ3) is 3.64. The first-order valence-corrected chi connectivity index (χ1v) is 9.08. The van der Waals surface area contributed by atoms with Crippen LogP contribution in [0.4, 0.5) is 5.82 Å². The average Bonchev–Trinajstić information content (AvgIpc) is 2.64. The van der Waals surface area contributed by atoms with Crippen molar-refractivity contribution >= 4 is 11.7 Å². The molecule has 0 N–H and O–H groups in total. The van der Waals surface area contributed by atoms with Crippen LogP contribution in [0.3, 0.4) is 0 Å². The molecule has 1 fully saturated rings. The van der Waals surface area contributed by atoms with Crippen molar-refractivity contribution in [3.8, 4) is 5.69 Å². The summed E-state index contributed by atoms with van der Waals surface area (Å²) < 4.78 is 1.45. The third-order valence-corrected chi connectivity index (χ3v) is 4.93. The highest BCUT2D eigenvalue weighted by molar-refractivity contribution is 5.78. The first-order valence-electron chi connectivity index (χ1n) is 9.08. The van der Waals surface area contributed by atoms with Crippen molar-refractivity contribution in [2.45, 2.75) is 27.7 Å². The number of nitrogens with zero attached hydrogens (tertiary/aromatic N) is 4.